The molecule has 0 bridgehead atoms. The fourth-order valence-corrected chi connectivity index (χ4v) is 1.33. The number of aliphatic hydroxyl groups excluding tert-OH is 1. The number of rotatable bonds is 6. The van der Waals surface area contributed by atoms with Gasteiger partial charge in [-0.05, 0) is 18.9 Å². The summed E-state index contributed by atoms with van der Waals surface area (Å²) in [6.07, 6.45) is 1.04. The molecule has 0 amide bonds. The highest BCUT2D eigenvalue weighted by Gasteiger charge is 2.05. The average molecular weight is 222 g/mol. The number of benzene rings is 1. The third-order valence-corrected chi connectivity index (χ3v) is 2.26. The molecule has 88 valence electrons. The number of ether oxygens (including phenoxy) is 1. The monoisotopic (exact) mass is 222 g/mol. The van der Waals surface area contributed by atoms with E-state index in [1.54, 1.807) is 6.92 Å². The van der Waals surface area contributed by atoms with Crippen LogP contribution >= 0.6 is 0 Å². The van der Waals surface area contributed by atoms with Gasteiger partial charge in [0, 0.05) is 12.8 Å². The Balaban J connectivity index is 2.13. The molecule has 1 aromatic rings. The van der Waals surface area contributed by atoms with Crippen molar-refractivity contribution < 1.29 is 14.6 Å². The minimum atomic E-state index is -0.443. The number of aliphatic hydroxyl groups is 1. The van der Waals surface area contributed by atoms with Crippen LogP contribution in [0.15, 0.2) is 30.3 Å². The summed E-state index contributed by atoms with van der Waals surface area (Å²) in [5, 5.41) is 9.00. The van der Waals surface area contributed by atoms with Crippen LogP contribution in [0, 0.1) is 0 Å². The SMILES string of the molecule is CC(O)CCC(=O)OCCc1ccccc1. The van der Waals surface area contributed by atoms with Crippen LogP contribution in [-0.2, 0) is 16.0 Å². The summed E-state index contributed by atoms with van der Waals surface area (Å²) in [5.74, 6) is -0.239. The zero-order valence-corrected chi connectivity index (χ0v) is 9.56. The van der Waals surface area contributed by atoms with Gasteiger partial charge in [-0.1, -0.05) is 30.3 Å². The molecule has 16 heavy (non-hydrogen) atoms. The average Bonchev–Trinajstić information content (AvgIpc) is 2.28. The minimum absolute atomic E-state index is 0.239. The molecule has 0 aliphatic rings. The van der Waals surface area contributed by atoms with Gasteiger partial charge in [0.2, 0.25) is 0 Å². The van der Waals surface area contributed by atoms with Crippen molar-refractivity contribution in [1.29, 1.82) is 0 Å². The summed E-state index contributed by atoms with van der Waals surface area (Å²) < 4.78 is 5.05. The van der Waals surface area contributed by atoms with Gasteiger partial charge >= 0.3 is 5.97 Å². The predicted molar refractivity (Wildman–Crippen MR) is 62.0 cm³/mol. The fourth-order valence-electron chi connectivity index (χ4n) is 1.33. The number of carbonyl (C=O) groups excluding carboxylic acids is 1. The van der Waals surface area contributed by atoms with E-state index in [9.17, 15) is 4.79 Å². The van der Waals surface area contributed by atoms with Gasteiger partial charge in [-0.3, -0.25) is 4.79 Å². The second kappa shape index (κ2) is 7.01. The van der Waals surface area contributed by atoms with Crippen molar-refractivity contribution in [3.63, 3.8) is 0 Å². The standard InChI is InChI=1S/C13H18O3/c1-11(14)7-8-13(15)16-10-9-12-5-3-2-4-6-12/h2-6,11,14H,7-10H2,1H3. The van der Waals surface area contributed by atoms with Gasteiger partial charge in [0.25, 0.3) is 0 Å². The molecule has 1 unspecified atom stereocenters. The van der Waals surface area contributed by atoms with Gasteiger partial charge in [0.15, 0.2) is 0 Å². The molecule has 0 aliphatic heterocycles. The summed E-state index contributed by atoms with van der Waals surface area (Å²) in [7, 11) is 0. The van der Waals surface area contributed by atoms with Crippen molar-refractivity contribution in [2.75, 3.05) is 6.61 Å². The third-order valence-electron chi connectivity index (χ3n) is 2.26. The van der Waals surface area contributed by atoms with E-state index >= 15 is 0 Å². The Morgan fingerprint density at radius 3 is 2.69 bits per heavy atom. The van der Waals surface area contributed by atoms with Gasteiger partial charge < -0.3 is 9.84 Å². The summed E-state index contributed by atoms with van der Waals surface area (Å²) >= 11 is 0. The summed E-state index contributed by atoms with van der Waals surface area (Å²) in [6.45, 7) is 2.07. The molecule has 3 heteroatoms. The molecule has 0 saturated heterocycles. The molecule has 0 aromatic heterocycles. The molecule has 0 aliphatic carbocycles. The normalized spacial score (nSPS) is 12.1. The van der Waals surface area contributed by atoms with Gasteiger partial charge in [0.05, 0.1) is 12.7 Å². The maximum atomic E-state index is 11.2. The summed E-state index contributed by atoms with van der Waals surface area (Å²) in [6, 6.07) is 9.89. The Hall–Kier alpha value is -1.35. The van der Waals surface area contributed by atoms with Crippen LogP contribution in [0.25, 0.3) is 0 Å². The maximum absolute atomic E-state index is 11.2. The second-order valence-electron chi connectivity index (χ2n) is 3.84. The summed E-state index contributed by atoms with van der Waals surface area (Å²) in [5.41, 5.74) is 1.16. The Morgan fingerprint density at radius 2 is 2.06 bits per heavy atom. The van der Waals surface area contributed by atoms with Crippen LogP contribution in [0.5, 0.6) is 0 Å². The van der Waals surface area contributed by atoms with Crippen molar-refractivity contribution in [2.45, 2.75) is 32.3 Å². The van der Waals surface area contributed by atoms with Crippen LogP contribution in [0.3, 0.4) is 0 Å². The lowest BCUT2D eigenvalue weighted by molar-refractivity contribution is -0.144. The second-order valence-corrected chi connectivity index (χ2v) is 3.84. The highest BCUT2D eigenvalue weighted by molar-refractivity contribution is 5.69. The van der Waals surface area contributed by atoms with E-state index in [-0.39, 0.29) is 12.4 Å². The lowest BCUT2D eigenvalue weighted by Gasteiger charge is -2.06. The van der Waals surface area contributed by atoms with E-state index in [1.807, 2.05) is 30.3 Å². The van der Waals surface area contributed by atoms with Crippen LogP contribution < -0.4 is 0 Å². The first-order valence-corrected chi connectivity index (χ1v) is 5.56. The Morgan fingerprint density at radius 1 is 1.38 bits per heavy atom. The van der Waals surface area contributed by atoms with Crippen LogP contribution in [0.2, 0.25) is 0 Å². The van der Waals surface area contributed by atoms with Crippen LogP contribution in [0.4, 0.5) is 0 Å². The van der Waals surface area contributed by atoms with Gasteiger partial charge in [-0.15, -0.1) is 0 Å². The first-order chi connectivity index (χ1) is 7.68. The number of esters is 1. The number of hydrogen-bond acceptors (Lipinski definition) is 3. The van der Waals surface area contributed by atoms with E-state index < -0.39 is 6.10 Å². The molecule has 0 heterocycles. The molecule has 0 saturated carbocycles. The molecule has 0 fully saturated rings. The van der Waals surface area contributed by atoms with E-state index in [2.05, 4.69) is 0 Å². The molecule has 0 radical (unpaired) electrons. The van der Waals surface area contributed by atoms with Crippen LogP contribution in [-0.4, -0.2) is 23.8 Å². The highest BCUT2D eigenvalue weighted by Crippen LogP contribution is 2.02. The summed E-state index contributed by atoms with van der Waals surface area (Å²) in [4.78, 5) is 11.2. The van der Waals surface area contributed by atoms with Crippen molar-refractivity contribution in [2.24, 2.45) is 0 Å². The van der Waals surface area contributed by atoms with Crippen molar-refractivity contribution in [3.05, 3.63) is 35.9 Å². The van der Waals surface area contributed by atoms with Crippen molar-refractivity contribution >= 4 is 5.97 Å². The fraction of sp³-hybridized carbons (Fsp3) is 0.462. The van der Waals surface area contributed by atoms with Gasteiger partial charge in [-0.2, -0.15) is 0 Å². The third kappa shape index (κ3) is 5.51. The lowest BCUT2D eigenvalue weighted by atomic mass is 10.2. The molecule has 1 aromatic carbocycles. The number of carbonyl (C=O) groups is 1. The molecular formula is C13H18O3. The van der Waals surface area contributed by atoms with Crippen LogP contribution in [0.1, 0.15) is 25.3 Å². The molecule has 1 atom stereocenters. The smallest absolute Gasteiger partial charge is 0.305 e. The zero-order valence-electron chi connectivity index (χ0n) is 9.56. The highest BCUT2D eigenvalue weighted by atomic mass is 16.5. The maximum Gasteiger partial charge on any atom is 0.305 e. The Labute approximate surface area is 96.1 Å². The van der Waals surface area contributed by atoms with Gasteiger partial charge in [0.1, 0.15) is 0 Å². The first-order valence-electron chi connectivity index (χ1n) is 5.56. The molecule has 3 nitrogen and oxygen atoms in total. The van der Waals surface area contributed by atoms with Crippen molar-refractivity contribution in [3.8, 4) is 0 Å². The lowest BCUT2D eigenvalue weighted by Crippen LogP contribution is -2.10. The molecule has 1 rings (SSSR count). The molecule has 0 spiro atoms. The molecule has 1 N–H and O–H groups in total. The van der Waals surface area contributed by atoms with Crippen molar-refractivity contribution in [1.82, 2.24) is 0 Å². The predicted octanol–water partition coefficient (Wildman–Crippen LogP) is 1.93. The van der Waals surface area contributed by atoms with E-state index in [0.717, 1.165) is 12.0 Å². The topological polar surface area (TPSA) is 46.5 Å². The zero-order chi connectivity index (χ0) is 11.8. The van der Waals surface area contributed by atoms with E-state index in [4.69, 9.17) is 9.84 Å². The largest absolute Gasteiger partial charge is 0.465 e. The minimum Gasteiger partial charge on any atom is -0.465 e. The molecular weight excluding hydrogens is 204 g/mol. The number of hydrogen-bond donors (Lipinski definition) is 1. The van der Waals surface area contributed by atoms with E-state index in [1.165, 1.54) is 0 Å². The van der Waals surface area contributed by atoms with E-state index in [0.29, 0.717) is 13.0 Å². The Kier molecular flexibility index (Phi) is 5.57. The van der Waals surface area contributed by atoms with Gasteiger partial charge in [-0.25, -0.2) is 0 Å². The first kappa shape index (κ1) is 12.7. The quantitative estimate of drug-likeness (QED) is 0.748. The Bertz CT molecular complexity index is 306.